The van der Waals surface area contributed by atoms with E-state index in [2.05, 4.69) is 16.3 Å². The molecule has 2 heterocycles. The van der Waals surface area contributed by atoms with Crippen molar-refractivity contribution in [1.82, 2.24) is 15.1 Å². The highest BCUT2D eigenvalue weighted by Gasteiger charge is 2.50. The van der Waals surface area contributed by atoms with Crippen molar-refractivity contribution in [3.63, 3.8) is 0 Å². The molecule has 0 saturated carbocycles. The second-order valence-electron chi connectivity index (χ2n) is 11.7. The van der Waals surface area contributed by atoms with E-state index < -0.39 is 35.4 Å². The van der Waals surface area contributed by atoms with E-state index in [1.807, 2.05) is 20.8 Å². The van der Waals surface area contributed by atoms with Gasteiger partial charge < -0.3 is 18.9 Å². The summed E-state index contributed by atoms with van der Waals surface area (Å²) in [6.07, 6.45) is -1.02. The number of carbonyl (C=O) groups is 1. The van der Waals surface area contributed by atoms with Crippen LogP contribution in [0.4, 0.5) is 9.18 Å². The van der Waals surface area contributed by atoms with Crippen LogP contribution < -0.4 is 9.47 Å². The lowest BCUT2D eigenvalue weighted by Crippen LogP contribution is -2.52. The molecule has 3 aromatic rings. The van der Waals surface area contributed by atoms with Gasteiger partial charge in [-0.3, -0.25) is 4.90 Å². The highest BCUT2D eigenvalue weighted by atomic mass is 35.5. The topological polar surface area (TPSA) is 107 Å². The van der Waals surface area contributed by atoms with Crippen molar-refractivity contribution in [2.24, 2.45) is 0 Å². The van der Waals surface area contributed by atoms with Crippen molar-refractivity contribution in [1.29, 1.82) is 5.26 Å². The Morgan fingerprint density at radius 3 is 2.55 bits per heavy atom. The Bertz CT molecular complexity index is 1510. The number of nitriles is 1. The van der Waals surface area contributed by atoms with Gasteiger partial charge in [0.2, 0.25) is 0 Å². The van der Waals surface area contributed by atoms with Gasteiger partial charge in [0.25, 0.3) is 0 Å². The Balaban J connectivity index is 1.53. The summed E-state index contributed by atoms with van der Waals surface area (Å²) < 4.78 is 38.4. The number of hydrogen-bond donors (Lipinski definition) is 0. The molecule has 0 N–H and O–H groups in total. The zero-order valence-corrected chi connectivity index (χ0v) is 26.4. The molecule has 1 amide bonds. The molecule has 0 aliphatic carbocycles. The monoisotopic (exact) mass is 616 g/mol. The number of hydrogen-bond acceptors (Lipinski definition) is 9. The van der Waals surface area contributed by atoms with Crippen LogP contribution in [-0.4, -0.2) is 57.4 Å². The number of amides is 1. The maximum absolute atomic E-state index is 15.3. The SMILES string of the molecule is CC(C)Oc1ccc(-c2nnc(-c3cc(F)c(OC[C@@H]4[C@H](C)OC(C)(C)N4C(=O)OC(C)(C)C)cc3Cl)s2)cc1C#N. The summed E-state index contributed by atoms with van der Waals surface area (Å²) in [6.45, 7) is 14.4. The minimum Gasteiger partial charge on any atom is -0.490 e. The third kappa shape index (κ3) is 6.94. The average Bonchev–Trinajstić information content (AvgIpc) is 3.44. The van der Waals surface area contributed by atoms with Crippen LogP contribution in [0.2, 0.25) is 5.02 Å². The Labute approximate surface area is 254 Å². The molecular weight excluding hydrogens is 583 g/mol. The van der Waals surface area contributed by atoms with E-state index in [1.165, 1.54) is 28.4 Å². The van der Waals surface area contributed by atoms with Gasteiger partial charge in [-0.1, -0.05) is 22.9 Å². The lowest BCUT2D eigenvalue weighted by Gasteiger charge is -2.35. The second-order valence-corrected chi connectivity index (χ2v) is 13.0. The Kier molecular flexibility index (Phi) is 9.02. The van der Waals surface area contributed by atoms with Crippen LogP contribution in [0.25, 0.3) is 21.1 Å². The second kappa shape index (κ2) is 12.0. The summed E-state index contributed by atoms with van der Waals surface area (Å²) in [5.74, 6) is -0.241. The molecule has 1 fully saturated rings. The highest BCUT2D eigenvalue weighted by Crippen LogP contribution is 2.39. The van der Waals surface area contributed by atoms with Crippen LogP contribution in [0, 0.1) is 17.1 Å². The fraction of sp³-hybridized carbons (Fsp3) is 0.467. The van der Waals surface area contributed by atoms with Gasteiger partial charge in [0.05, 0.1) is 28.8 Å². The number of benzene rings is 2. The van der Waals surface area contributed by atoms with Crippen LogP contribution in [0.5, 0.6) is 11.5 Å². The molecule has 2 aromatic carbocycles. The summed E-state index contributed by atoms with van der Waals surface area (Å²) in [7, 11) is 0. The summed E-state index contributed by atoms with van der Waals surface area (Å²) in [4.78, 5) is 14.5. The summed E-state index contributed by atoms with van der Waals surface area (Å²) in [5.41, 5.74) is -0.248. The van der Waals surface area contributed by atoms with Crippen molar-refractivity contribution in [3.8, 4) is 38.7 Å². The van der Waals surface area contributed by atoms with Gasteiger partial charge in [0.15, 0.2) is 11.6 Å². The van der Waals surface area contributed by atoms with Gasteiger partial charge in [-0.05, 0) is 79.7 Å². The first-order valence-corrected chi connectivity index (χ1v) is 14.7. The molecule has 2 atom stereocenters. The fourth-order valence-electron chi connectivity index (χ4n) is 4.61. The van der Waals surface area contributed by atoms with E-state index in [1.54, 1.807) is 52.8 Å². The highest BCUT2D eigenvalue weighted by molar-refractivity contribution is 7.18. The number of nitrogens with zero attached hydrogens (tertiary/aromatic N) is 4. The Morgan fingerprint density at radius 1 is 1.21 bits per heavy atom. The molecule has 0 bridgehead atoms. The molecule has 0 radical (unpaired) electrons. The molecule has 0 unspecified atom stereocenters. The molecule has 224 valence electrons. The number of rotatable bonds is 7. The van der Waals surface area contributed by atoms with Crippen molar-refractivity contribution in [2.45, 2.75) is 85.0 Å². The third-order valence-corrected chi connectivity index (χ3v) is 7.63. The summed E-state index contributed by atoms with van der Waals surface area (Å²) in [5, 5.41) is 19.1. The van der Waals surface area contributed by atoms with E-state index >= 15 is 4.39 Å². The molecular formula is C30H34ClFN4O5S. The summed E-state index contributed by atoms with van der Waals surface area (Å²) in [6, 6.07) is 9.41. The van der Waals surface area contributed by atoms with Crippen molar-refractivity contribution >= 4 is 29.0 Å². The Hall–Kier alpha value is -3.46. The largest absolute Gasteiger partial charge is 0.490 e. The summed E-state index contributed by atoms with van der Waals surface area (Å²) >= 11 is 7.76. The van der Waals surface area contributed by atoms with E-state index in [0.29, 0.717) is 32.5 Å². The van der Waals surface area contributed by atoms with E-state index in [-0.39, 0.29) is 23.5 Å². The fourth-order valence-corrected chi connectivity index (χ4v) is 5.78. The van der Waals surface area contributed by atoms with Crippen molar-refractivity contribution in [3.05, 3.63) is 46.7 Å². The Morgan fingerprint density at radius 2 is 1.90 bits per heavy atom. The molecule has 12 heteroatoms. The van der Waals surface area contributed by atoms with Crippen molar-refractivity contribution < 1.29 is 28.1 Å². The van der Waals surface area contributed by atoms with Gasteiger partial charge in [-0.25, -0.2) is 9.18 Å². The quantitative estimate of drug-likeness (QED) is 0.269. The first kappa shape index (κ1) is 31.5. The third-order valence-electron chi connectivity index (χ3n) is 6.31. The van der Waals surface area contributed by atoms with Gasteiger partial charge in [-0.2, -0.15) is 5.26 Å². The molecule has 4 rings (SSSR count). The smallest absolute Gasteiger partial charge is 0.413 e. The zero-order valence-electron chi connectivity index (χ0n) is 24.8. The molecule has 0 spiro atoms. The van der Waals surface area contributed by atoms with Crippen LogP contribution in [-0.2, 0) is 9.47 Å². The lowest BCUT2D eigenvalue weighted by molar-refractivity contribution is -0.0760. The van der Waals surface area contributed by atoms with Crippen LogP contribution in [0.15, 0.2) is 30.3 Å². The van der Waals surface area contributed by atoms with Crippen LogP contribution in [0.3, 0.4) is 0 Å². The first-order chi connectivity index (χ1) is 19.6. The van der Waals surface area contributed by atoms with E-state index in [9.17, 15) is 10.1 Å². The molecule has 1 aliphatic heterocycles. The van der Waals surface area contributed by atoms with Crippen LogP contribution >= 0.6 is 22.9 Å². The van der Waals surface area contributed by atoms with Gasteiger partial charge in [0.1, 0.15) is 39.8 Å². The zero-order chi connectivity index (χ0) is 31.0. The minimum atomic E-state index is -0.943. The maximum Gasteiger partial charge on any atom is 0.413 e. The molecule has 9 nitrogen and oxygen atoms in total. The number of ether oxygens (including phenoxy) is 4. The lowest BCUT2D eigenvalue weighted by atomic mass is 10.1. The minimum absolute atomic E-state index is 0.0445. The molecule has 1 aromatic heterocycles. The average molecular weight is 617 g/mol. The standard InChI is InChI=1S/C30H34ClFN4O5S/c1-16(2)39-24-10-9-18(11-19(24)14-33)26-34-35-27(42-26)20-12-22(32)25(13-21(20)31)38-15-23-17(3)40-30(7,8)36(23)28(37)41-29(4,5)6/h9-13,16-17,23H,15H2,1-8H3/t17-,23+/m0/s1. The molecule has 1 saturated heterocycles. The normalized spacial score (nSPS) is 18.2. The first-order valence-electron chi connectivity index (χ1n) is 13.5. The molecule has 1 aliphatic rings. The van der Waals surface area contributed by atoms with Gasteiger partial charge in [-0.15, -0.1) is 10.2 Å². The maximum atomic E-state index is 15.3. The predicted octanol–water partition coefficient (Wildman–Crippen LogP) is 7.46. The number of carbonyl (C=O) groups excluding carboxylic acids is 1. The van der Waals surface area contributed by atoms with Gasteiger partial charge in [0, 0.05) is 17.2 Å². The van der Waals surface area contributed by atoms with E-state index in [0.717, 1.165) is 0 Å². The number of halogens is 2. The number of aromatic nitrogens is 2. The van der Waals surface area contributed by atoms with Crippen molar-refractivity contribution in [2.75, 3.05) is 6.61 Å². The molecule has 42 heavy (non-hydrogen) atoms. The van der Waals surface area contributed by atoms with Crippen LogP contribution in [0.1, 0.15) is 61.0 Å². The van der Waals surface area contributed by atoms with Gasteiger partial charge >= 0.3 is 6.09 Å². The van der Waals surface area contributed by atoms with E-state index in [4.69, 9.17) is 30.5 Å². The predicted molar refractivity (Wildman–Crippen MR) is 158 cm³/mol.